The van der Waals surface area contributed by atoms with Crippen molar-refractivity contribution in [3.05, 3.63) is 65.7 Å². The number of hydrogen-bond donors (Lipinski definition) is 2. The monoisotopic (exact) mass is 391 g/mol. The fourth-order valence-electron chi connectivity index (χ4n) is 2.79. The minimum Gasteiger partial charge on any atom is -0.459 e. The number of nitrogens with two attached hydrogens (primary N) is 1. The maximum absolute atomic E-state index is 11.8. The Hall–Kier alpha value is -2.22. The van der Waals surface area contributed by atoms with Gasteiger partial charge in [0.1, 0.15) is 12.1 Å². The fraction of sp³-hybridized carbons (Fsp3) is 0.350. The zero-order valence-electron chi connectivity index (χ0n) is 15.3. The van der Waals surface area contributed by atoms with Crippen molar-refractivity contribution in [3.63, 3.8) is 0 Å². The molecular formula is C20H25NO5S. The molecule has 7 heteroatoms. The molecule has 0 aliphatic heterocycles. The highest BCUT2D eigenvalue weighted by Gasteiger charge is 2.38. The molecule has 0 radical (unpaired) electrons. The summed E-state index contributed by atoms with van der Waals surface area (Å²) in [7, 11) is -4.02. The third-order valence-electron chi connectivity index (χ3n) is 4.43. The van der Waals surface area contributed by atoms with Crippen molar-refractivity contribution in [1.29, 1.82) is 0 Å². The molecule has 146 valence electrons. The second-order valence-corrected chi connectivity index (χ2v) is 8.13. The van der Waals surface area contributed by atoms with Crippen molar-refractivity contribution >= 4 is 16.1 Å². The zero-order chi connectivity index (χ0) is 19.9. The van der Waals surface area contributed by atoms with Gasteiger partial charge >= 0.3 is 5.97 Å². The molecule has 3 rings (SSSR count). The quantitative estimate of drug-likeness (QED) is 0.612. The van der Waals surface area contributed by atoms with Gasteiger partial charge in [-0.05, 0) is 37.5 Å². The van der Waals surface area contributed by atoms with Gasteiger partial charge in [0.25, 0.3) is 10.1 Å². The van der Waals surface area contributed by atoms with Crippen LogP contribution in [0.5, 0.6) is 0 Å². The molecule has 0 spiro atoms. The summed E-state index contributed by atoms with van der Waals surface area (Å²) in [6, 6.07) is 15.7. The van der Waals surface area contributed by atoms with E-state index < -0.39 is 15.7 Å². The third-order valence-corrected chi connectivity index (χ3v) is 5.30. The van der Waals surface area contributed by atoms with Crippen LogP contribution in [0, 0.1) is 6.92 Å². The number of rotatable bonds is 4. The lowest BCUT2D eigenvalue weighted by molar-refractivity contribution is -0.151. The molecule has 1 fully saturated rings. The van der Waals surface area contributed by atoms with Gasteiger partial charge in [-0.25, -0.2) is 0 Å². The highest BCUT2D eigenvalue weighted by atomic mass is 32.2. The highest BCUT2D eigenvalue weighted by Crippen LogP contribution is 2.28. The number of hydrogen-bond acceptors (Lipinski definition) is 5. The Labute approximate surface area is 160 Å². The topological polar surface area (TPSA) is 107 Å². The van der Waals surface area contributed by atoms with Gasteiger partial charge in [-0.1, -0.05) is 60.9 Å². The molecule has 1 aliphatic carbocycles. The summed E-state index contributed by atoms with van der Waals surface area (Å²) in [5, 5.41) is 0. The Kier molecular flexibility index (Phi) is 7.12. The first-order chi connectivity index (χ1) is 12.7. The first-order valence-corrected chi connectivity index (χ1v) is 10.2. The molecule has 1 aliphatic rings. The Balaban J connectivity index is 0.000000208. The summed E-state index contributed by atoms with van der Waals surface area (Å²) < 4.78 is 34.8. The molecule has 0 atom stereocenters. The highest BCUT2D eigenvalue weighted by molar-refractivity contribution is 7.85. The lowest BCUT2D eigenvalue weighted by Crippen LogP contribution is -2.46. The van der Waals surface area contributed by atoms with Crippen LogP contribution >= 0.6 is 0 Å². The standard InChI is InChI=1S/C13H17NO2.C7H8O3S/c14-13(8-4-5-9-13)12(15)16-10-11-6-2-1-3-7-11;1-6-2-4-7(5-3-6)11(8,9)10/h1-3,6-7H,4-5,8-10,14H2;2-5H,1H3,(H,8,9,10). The number of carbonyl (C=O) groups is 1. The van der Waals surface area contributed by atoms with Crippen LogP contribution in [-0.4, -0.2) is 24.5 Å². The van der Waals surface area contributed by atoms with E-state index in [4.69, 9.17) is 15.0 Å². The molecule has 6 nitrogen and oxygen atoms in total. The summed E-state index contributed by atoms with van der Waals surface area (Å²) in [6.45, 7) is 2.16. The second-order valence-electron chi connectivity index (χ2n) is 6.71. The number of esters is 1. The van der Waals surface area contributed by atoms with Gasteiger partial charge in [-0.2, -0.15) is 8.42 Å². The maximum Gasteiger partial charge on any atom is 0.326 e. The molecule has 0 heterocycles. The van der Waals surface area contributed by atoms with Crippen LogP contribution < -0.4 is 5.73 Å². The van der Waals surface area contributed by atoms with E-state index >= 15 is 0 Å². The average Bonchev–Trinajstić information content (AvgIpc) is 3.09. The molecule has 2 aromatic rings. The first kappa shape index (κ1) is 21.1. The van der Waals surface area contributed by atoms with Gasteiger partial charge in [0, 0.05) is 0 Å². The second kappa shape index (κ2) is 9.12. The average molecular weight is 391 g/mol. The van der Waals surface area contributed by atoms with E-state index in [1.807, 2.05) is 37.3 Å². The largest absolute Gasteiger partial charge is 0.459 e. The van der Waals surface area contributed by atoms with Crippen molar-refractivity contribution in [2.24, 2.45) is 5.73 Å². The van der Waals surface area contributed by atoms with Crippen molar-refractivity contribution in [3.8, 4) is 0 Å². The third kappa shape index (κ3) is 6.46. The van der Waals surface area contributed by atoms with Crippen LogP contribution in [0.15, 0.2) is 59.5 Å². The molecule has 0 saturated heterocycles. The van der Waals surface area contributed by atoms with Crippen LogP contribution in [0.25, 0.3) is 0 Å². The molecule has 0 aromatic heterocycles. The SMILES string of the molecule is Cc1ccc(S(=O)(=O)O)cc1.NC1(C(=O)OCc2ccccc2)CCCC1. The predicted octanol–water partition coefficient (Wildman–Crippen LogP) is 3.24. The zero-order valence-corrected chi connectivity index (χ0v) is 16.1. The predicted molar refractivity (Wildman–Crippen MR) is 103 cm³/mol. The number of aryl methyl sites for hydroxylation is 1. The van der Waals surface area contributed by atoms with E-state index in [1.54, 1.807) is 12.1 Å². The van der Waals surface area contributed by atoms with Crippen LogP contribution in [0.2, 0.25) is 0 Å². The number of carbonyl (C=O) groups excluding carboxylic acids is 1. The van der Waals surface area contributed by atoms with Crippen LogP contribution in [0.1, 0.15) is 36.8 Å². The van der Waals surface area contributed by atoms with E-state index in [2.05, 4.69) is 0 Å². The van der Waals surface area contributed by atoms with Gasteiger partial charge in [-0.15, -0.1) is 0 Å². The normalized spacial score (nSPS) is 15.5. The minimum atomic E-state index is -4.02. The van der Waals surface area contributed by atoms with Gasteiger partial charge < -0.3 is 10.5 Å². The molecule has 2 aromatic carbocycles. The van der Waals surface area contributed by atoms with Crippen LogP contribution in [0.4, 0.5) is 0 Å². The molecule has 0 unspecified atom stereocenters. The summed E-state index contributed by atoms with van der Waals surface area (Å²) in [5.74, 6) is -0.256. The van der Waals surface area contributed by atoms with Crippen molar-refractivity contribution in [1.82, 2.24) is 0 Å². The Morgan fingerprint density at radius 2 is 1.63 bits per heavy atom. The van der Waals surface area contributed by atoms with Crippen LogP contribution in [0.3, 0.4) is 0 Å². The van der Waals surface area contributed by atoms with E-state index in [-0.39, 0.29) is 10.9 Å². The molecule has 0 bridgehead atoms. The molecular weight excluding hydrogens is 366 g/mol. The Morgan fingerprint density at radius 3 is 2.15 bits per heavy atom. The van der Waals surface area contributed by atoms with E-state index in [0.717, 1.165) is 36.8 Å². The van der Waals surface area contributed by atoms with Crippen molar-refractivity contribution in [2.75, 3.05) is 0 Å². The van der Waals surface area contributed by atoms with E-state index in [0.29, 0.717) is 6.61 Å². The van der Waals surface area contributed by atoms with Crippen molar-refractivity contribution < 1.29 is 22.5 Å². The summed E-state index contributed by atoms with van der Waals surface area (Å²) in [4.78, 5) is 11.7. The van der Waals surface area contributed by atoms with Crippen molar-refractivity contribution in [2.45, 2.75) is 49.6 Å². The smallest absolute Gasteiger partial charge is 0.326 e. The Morgan fingerprint density at radius 1 is 1.07 bits per heavy atom. The molecule has 27 heavy (non-hydrogen) atoms. The van der Waals surface area contributed by atoms with Gasteiger partial charge in [0.15, 0.2) is 0 Å². The van der Waals surface area contributed by atoms with Gasteiger partial charge in [-0.3, -0.25) is 9.35 Å². The van der Waals surface area contributed by atoms with Gasteiger partial charge in [0.05, 0.1) is 4.90 Å². The fourth-order valence-corrected chi connectivity index (χ4v) is 3.27. The lowest BCUT2D eigenvalue weighted by atomic mass is 10.00. The summed E-state index contributed by atoms with van der Waals surface area (Å²) in [5.41, 5.74) is 7.22. The lowest BCUT2D eigenvalue weighted by Gasteiger charge is -2.20. The molecule has 3 N–H and O–H groups in total. The number of ether oxygens (including phenoxy) is 1. The number of benzene rings is 2. The Bertz CT molecular complexity index is 842. The molecule has 1 saturated carbocycles. The summed E-state index contributed by atoms with van der Waals surface area (Å²) in [6.07, 6.45) is 3.55. The molecule has 0 amide bonds. The van der Waals surface area contributed by atoms with E-state index in [1.165, 1.54) is 12.1 Å². The van der Waals surface area contributed by atoms with E-state index in [9.17, 15) is 13.2 Å². The van der Waals surface area contributed by atoms with Crippen LogP contribution in [-0.2, 0) is 26.3 Å². The van der Waals surface area contributed by atoms with Gasteiger partial charge in [0.2, 0.25) is 0 Å². The maximum atomic E-state index is 11.8. The first-order valence-electron chi connectivity index (χ1n) is 8.75. The minimum absolute atomic E-state index is 0.0666. The summed E-state index contributed by atoms with van der Waals surface area (Å²) >= 11 is 0.